The lowest BCUT2D eigenvalue weighted by molar-refractivity contribution is 0.0950. The summed E-state index contributed by atoms with van der Waals surface area (Å²) in [5.74, 6) is 1.00. The number of aromatic nitrogens is 2. The lowest BCUT2D eigenvalue weighted by atomic mass is 10.1. The van der Waals surface area contributed by atoms with Gasteiger partial charge in [0.15, 0.2) is 0 Å². The van der Waals surface area contributed by atoms with Crippen molar-refractivity contribution in [3.05, 3.63) is 102 Å². The van der Waals surface area contributed by atoms with E-state index in [-0.39, 0.29) is 11.7 Å². The molecule has 1 aromatic heterocycles. The predicted molar refractivity (Wildman–Crippen MR) is 118 cm³/mol. The van der Waals surface area contributed by atoms with Gasteiger partial charge in [0, 0.05) is 23.7 Å². The maximum atomic E-state index is 13.2. The van der Waals surface area contributed by atoms with Gasteiger partial charge >= 0.3 is 0 Å². The molecule has 0 radical (unpaired) electrons. The fourth-order valence-electron chi connectivity index (χ4n) is 3.02. The molecule has 0 saturated carbocycles. The number of methoxy groups -OCH3 is 1. The van der Waals surface area contributed by atoms with Crippen LogP contribution in [0.2, 0.25) is 0 Å². The van der Waals surface area contributed by atoms with Crippen molar-refractivity contribution in [1.29, 1.82) is 0 Å². The largest absolute Gasteiger partial charge is 0.497 e. The molecule has 0 bridgehead atoms. The number of carbonyl (C=O) groups is 1. The van der Waals surface area contributed by atoms with E-state index in [1.165, 1.54) is 18.5 Å². The summed E-state index contributed by atoms with van der Waals surface area (Å²) < 4.78 is 24.1. The van der Waals surface area contributed by atoms with Crippen molar-refractivity contribution in [2.24, 2.45) is 0 Å². The van der Waals surface area contributed by atoms with Gasteiger partial charge in [-0.2, -0.15) is 0 Å². The normalized spacial score (nSPS) is 10.4. The van der Waals surface area contributed by atoms with Gasteiger partial charge in [0.1, 0.15) is 23.6 Å². The highest BCUT2D eigenvalue weighted by molar-refractivity contribution is 5.94. The number of rotatable bonds is 7. The van der Waals surface area contributed by atoms with Gasteiger partial charge in [-0.25, -0.2) is 14.4 Å². The van der Waals surface area contributed by atoms with Crippen LogP contribution in [0.1, 0.15) is 15.9 Å². The van der Waals surface area contributed by atoms with Crippen LogP contribution >= 0.6 is 0 Å². The van der Waals surface area contributed by atoms with Crippen molar-refractivity contribution in [3.63, 3.8) is 0 Å². The first kappa shape index (κ1) is 21.0. The summed E-state index contributed by atoms with van der Waals surface area (Å²) >= 11 is 0. The molecule has 6 nitrogen and oxygen atoms in total. The molecule has 0 aliphatic heterocycles. The number of halogens is 1. The highest BCUT2D eigenvalue weighted by Crippen LogP contribution is 2.24. The van der Waals surface area contributed by atoms with Crippen molar-refractivity contribution in [1.82, 2.24) is 15.3 Å². The van der Waals surface area contributed by atoms with Gasteiger partial charge in [-0.05, 0) is 60.2 Å². The molecule has 0 unspecified atom stereocenters. The van der Waals surface area contributed by atoms with E-state index in [0.717, 1.165) is 16.9 Å². The number of hydrogen-bond acceptors (Lipinski definition) is 5. The van der Waals surface area contributed by atoms with E-state index >= 15 is 0 Å². The summed E-state index contributed by atoms with van der Waals surface area (Å²) in [6, 6.07) is 22.0. The van der Waals surface area contributed by atoms with Crippen LogP contribution in [0.5, 0.6) is 17.4 Å². The van der Waals surface area contributed by atoms with E-state index in [4.69, 9.17) is 9.47 Å². The Labute approximate surface area is 184 Å². The van der Waals surface area contributed by atoms with Crippen LogP contribution in [-0.2, 0) is 6.54 Å². The van der Waals surface area contributed by atoms with Crippen LogP contribution < -0.4 is 14.8 Å². The molecule has 7 heteroatoms. The topological polar surface area (TPSA) is 73.3 Å². The van der Waals surface area contributed by atoms with E-state index in [9.17, 15) is 9.18 Å². The van der Waals surface area contributed by atoms with E-state index in [0.29, 0.717) is 29.4 Å². The zero-order valence-corrected chi connectivity index (χ0v) is 17.3. The van der Waals surface area contributed by atoms with Crippen molar-refractivity contribution >= 4 is 5.91 Å². The SMILES string of the molecule is COc1ccc(CNC(=O)c2cccc(Oc3cc(-c4ccc(F)cc4)ncn3)c2)cc1. The lowest BCUT2D eigenvalue weighted by Gasteiger charge is -2.09. The average Bonchev–Trinajstić information content (AvgIpc) is 2.83. The second-order valence-corrected chi connectivity index (χ2v) is 6.91. The molecule has 160 valence electrons. The predicted octanol–water partition coefficient (Wildman–Crippen LogP) is 5.01. The summed E-state index contributed by atoms with van der Waals surface area (Å²) in [6.07, 6.45) is 1.37. The number of ether oxygens (including phenoxy) is 2. The molecule has 1 N–H and O–H groups in total. The van der Waals surface area contributed by atoms with Crippen molar-refractivity contribution in [2.75, 3.05) is 7.11 Å². The molecule has 0 aliphatic rings. The number of nitrogens with one attached hydrogen (secondary N) is 1. The first-order valence-electron chi connectivity index (χ1n) is 9.88. The Hall–Kier alpha value is -4.26. The molecule has 3 aromatic carbocycles. The number of amides is 1. The first-order valence-corrected chi connectivity index (χ1v) is 9.88. The summed E-state index contributed by atoms with van der Waals surface area (Å²) in [7, 11) is 1.61. The van der Waals surface area contributed by atoms with Crippen LogP contribution in [0.15, 0.2) is 85.2 Å². The minimum atomic E-state index is -0.318. The highest BCUT2D eigenvalue weighted by Gasteiger charge is 2.09. The summed E-state index contributed by atoms with van der Waals surface area (Å²) in [6.45, 7) is 0.390. The van der Waals surface area contributed by atoms with Crippen molar-refractivity contribution in [2.45, 2.75) is 6.54 Å². The van der Waals surface area contributed by atoms with Gasteiger partial charge in [0.2, 0.25) is 5.88 Å². The molecule has 32 heavy (non-hydrogen) atoms. The number of benzene rings is 3. The van der Waals surface area contributed by atoms with Crippen LogP contribution in [0, 0.1) is 5.82 Å². The number of hydrogen-bond donors (Lipinski definition) is 1. The molecule has 4 aromatic rings. The quantitative estimate of drug-likeness (QED) is 0.447. The fraction of sp³-hybridized carbons (Fsp3) is 0.0800. The Morgan fingerprint density at radius 1 is 0.938 bits per heavy atom. The maximum Gasteiger partial charge on any atom is 0.251 e. The van der Waals surface area contributed by atoms with Crippen LogP contribution in [-0.4, -0.2) is 23.0 Å². The Morgan fingerprint density at radius 2 is 1.72 bits per heavy atom. The zero-order chi connectivity index (χ0) is 22.3. The van der Waals surface area contributed by atoms with Gasteiger partial charge in [-0.15, -0.1) is 0 Å². The molecular formula is C25H20FN3O3. The Balaban J connectivity index is 1.43. The molecule has 4 rings (SSSR count). The van der Waals surface area contributed by atoms with Gasteiger partial charge < -0.3 is 14.8 Å². The molecular weight excluding hydrogens is 409 g/mol. The van der Waals surface area contributed by atoms with E-state index in [2.05, 4.69) is 15.3 Å². The van der Waals surface area contributed by atoms with E-state index in [1.54, 1.807) is 49.6 Å². The van der Waals surface area contributed by atoms with Crippen LogP contribution in [0.3, 0.4) is 0 Å². The molecule has 0 atom stereocenters. The van der Waals surface area contributed by atoms with Crippen LogP contribution in [0.4, 0.5) is 4.39 Å². The highest BCUT2D eigenvalue weighted by atomic mass is 19.1. The Morgan fingerprint density at radius 3 is 2.47 bits per heavy atom. The second kappa shape index (κ2) is 9.70. The summed E-state index contributed by atoms with van der Waals surface area (Å²) in [4.78, 5) is 20.9. The third kappa shape index (κ3) is 5.26. The smallest absolute Gasteiger partial charge is 0.251 e. The minimum Gasteiger partial charge on any atom is -0.497 e. The lowest BCUT2D eigenvalue weighted by Crippen LogP contribution is -2.22. The third-order valence-corrected chi connectivity index (χ3v) is 4.71. The van der Waals surface area contributed by atoms with Gasteiger partial charge in [0.25, 0.3) is 5.91 Å². The second-order valence-electron chi connectivity index (χ2n) is 6.91. The fourth-order valence-corrected chi connectivity index (χ4v) is 3.02. The van der Waals surface area contributed by atoms with Gasteiger partial charge in [-0.1, -0.05) is 18.2 Å². The average molecular weight is 429 g/mol. The van der Waals surface area contributed by atoms with Crippen molar-refractivity contribution in [3.8, 4) is 28.6 Å². The first-order chi connectivity index (χ1) is 15.6. The molecule has 0 saturated heterocycles. The zero-order valence-electron chi connectivity index (χ0n) is 17.3. The van der Waals surface area contributed by atoms with Gasteiger partial charge in [0.05, 0.1) is 12.8 Å². The molecule has 1 amide bonds. The minimum absolute atomic E-state index is 0.221. The summed E-state index contributed by atoms with van der Waals surface area (Å²) in [5, 5.41) is 2.89. The molecule has 0 spiro atoms. The monoisotopic (exact) mass is 429 g/mol. The Kier molecular flexibility index (Phi) is 6.36. The maximum absolute atomic E-state index is 13.2. The van der Waals surface area contributed by atoms with E-state index < -0.39 is 0 Å². The third-order valence-electron chi connectivity index (χ3n) is 4.71. The number of carbonyl (C=O) groups excluding carboxylic acids is 1. The standard InChI is InChI=1S/C25H20FN3O3/c1-31-21-11-5-17(6-12-21)15-27-25(30)19-3-2-4-22(13-19)32-24-14-23(28-16-29-24)18-7-9-20(26)10-8-18/h2-14,16H,15H2,1H3,(H,27,30). The Bertz CT molecular complexity index is 1210. The van der Waals surface area contributed by atoms with Crippen molar-refractivity contribution < 1.29 is 18.7 Å². The summed E-state index contributed by atoms with van der Waals surface area (Å²) in [5.41, 5.74) is 2.76. The molecule has 0 fully saturated rings. The van der Waals surface area contributed by atoms with E-state index in [1.807, 2.05) is 24.3 Å². The molecule has 1 heterocycles. The molecule has 0 aliphatic carbocycles. The number of nitrogens with zero attached hydrogens (tertiary/aromatic N) is 2. The van der Waals surface area contributed by atoms with Gasteiger partial charge in [-0.3, -0.25) is 4.79 Å². The van der Waals surface area contributed by atoms with Crippen LogP contribution in [0.25, 0.3) is 11.3 Å².